The Morgan fingerprint density at radius 3 is 1.72 bits per heavy atom. The number of benzene rings is 1. The minimum absolute atomic E-state index is 0. The van der Waals surface area contributed by atoms with E-state index in [1.165, 1.54) is 17.3 Å². The van der Waals surface area contributed by atoms with Gasteiger partial charge >= 0.3 is 0 Å². The molecule has 0 aliphatic carbocycles. The molecule has 0 saturated heterocycles. The van der Waals surface area contributed by atoms with Crippen LogP contribution in [0.25, 0.3) is 0 Å². The summed E-state index contributed by atoms with van der Waals surface area (Å²) in [6.07, 6.45) is 1.37. The monoisotopic (exact) mass is 271 g/mol. The molecular formula is C15H29NOS. The second-order valence-corrected chi connectivity index (χ2v) is 6.00. The molecule has 0 unspecified atom stereocenters. The summed E-state index contributed by atoms with van der Waals surface area (Å²) in [4.78, 5) is 0. The zero-order valence-corrected chi connectivity index (χ0v) is 13.7. The van der Waals surface area contributed by atoms with Crippen LogP contribution in [0.15, 0.2) is 18.2 Å². The van der Waals surface area contributed by atoms with E-state index in [1.807, 2.05) is 32.0 Å². The fourth-order valence-electron chi connectivity index (χ4n) is 0.854. The van der Waals surface area contributed by atoms with Crippen molar-refractivity contribution in [2.45, 2.75) is 53.2 Å². The molecule has 0 heterocycles. The highest BCUT2D eigenvalue weighted by atomic mass is 32.1. The van der Waals surface area contributed by atoms with Gasteiger partial charge in [-0.1, -0.05) is 52.8 Å². The maximum atomic E-state index is 6.99. The summed E-state index contributed by atoms with van der Waals surface area (Å²) in [5.41, 5.74) is 3.51. The van der Waals surface area contributed by atoms with Gasteiger partial charge in [0, 0.05) is 11.0 Å². The minimum Gasteiger partial charge on any atom is -0.412 e. The Kier molecular flexibility index (Phi) is 14.1. The first-order valence-electron chi connectivity index (χ1n) is 6.04. The van der Waals surface area contributed by atoms with Gasteiger partial charge in [0.1, 0.15) is 0 Å². The molecule has 0 spiro atoms. The SMILES string of the molecule is CC.CC(C)(C)S.Cc1ccc(C=N)cc1C.O. The van der Waals surface area contributed by atoms with E-state index >= 15 is 0 Å². The molecule has 3 N–H and O–H groups in total. The van der Waals surface area contributed by atoms with Gasteiger partial charge in [0.15, 0.2) is 0 Å². The molecule has 0 atom stereocenters. The fourth-order valence-corrected chi connectivity index (χ4v) is 0.854. The lowest BCUT2D eigenvalue weighted by Gasteiger charge is -2.04. The zero-order valence-electron chi connectivity index (χ0n) is 12.8. The summed E-state index contributed by atoms with van der Waals surface area (Å²) >= 11 is 4.12. The van der Waals surface area contributed by atoms with Crippen LogP contribution in [0.4, 0.5) is 0 Å². The Balaban J connectivity index is -0.000000243. The van der Waals surface area contributed by atoms with E-state index in [1.54, 1.807) is 0 Å². The molecule has 0 aromatic heterocycles. The summed E-state index contributed by atoms with van der Waals surface area (Å²) in [6, 6.07) is 6.01. The van der Waals surface area contributed by atoms with Gasteiger partial charge in [0.05, 0.1) is 0 Å². The molecule has 0 radical (unpaired) electrons. The smallest absolute Gasteiger partial charge is 0.0250 e. The van der Waals surface area contributed by atoms with Crippen molar-refractivity contribution in [1.82, 2.24) is 0 Å². The number of hydrogen-bond acceptors (Lipinski definition) is 2. The van der Waals surface area contributed by atoms with Crippen molar-refractivity contribution in [3.05, 3.63) is 34.9 Å². The van der Waals surface area contributed by atoms with Crippen LogP contribution < -0.4 is 0 Å². The summed E-state index contributed by atoms with van der Waals surface area (Å²) in [7, 11) is 0. The number of hydrogen-bond donors (Lipinski definition) is 2. The summed E-state index contributed by atoms with van der Waals surface area (Å²) in [5, 5.41) is 6.99. The van der Waals surface area contributed by atoms with E-state index in [0.29, 0.717) is 0 Å². The molecule has 18 heavy (non-hydrogen) atoms. The van der Waals surface area contributed by atoms with E-state index in [0.717, 1.165) is 5.56 Å². The van der Waals surface area contributed by atoms with Gasteiger partial charge in [-0.05, 0) is 30.5 Å². The first-order valence-corrected chi connectivity index (χ1v) is 6.49. The second-order valence-electron chi connectivity index (χ2n) is 4.66. The van der Waals surface area contributed by atoms with Crippen molar-refractivity contribution < 1.29 is 5.48 Å². The van der Waals surface area contributed by atoms with Crippen molar-refractivity contribution in [3.8, 4) is 0 Å². The van der Waals surface area contributed by atoms with E-state index < -0.39 is 0 Å². The Morgan fingerprint density at radius 2 is 1.44 bits per heavy atom. The second kappa shape index (κ2) is 11.3. The number of rotatable bonds is 1. The van der Waals surface area contributed by atoms with Crippen molar-refractivity contribution >= 4 is 18.8 Å². The third kappa shape index (κ3) is 15.2. The van der Waals surface area contributed by atoms with Crippen molar-refractivity contribution in [3.63, 3.8) is 0 Å². The van der Waals surface area contributed by atoms with Gasteiger partial charge in [0.25, 0.3) is 0 Å². The first kappa shape index (κ1) is 22.4. The Labute approximate surface area is 118 Å². The maximum absolute atomic E-state index is 6.99. The normalized spacial score (nSPS) is 8.89. The van der Waals surface area contributed by atoms with E-state index in [4.69, 9.17) is 5.41 Å². The number of thiol groups is 1. The molecular weight excluding hydrogens is 242 g/mol. The molecule has 0 bridgehead atoms. The standard InChI is InChI=1S/C9H11N.C4H10S.C2H6.H2O/c1-7-3-4-9(6-10)5-8(7)2;1-4(2,3)5;1-2;/h3-6,10H,1-2H3;5H,1-3H3;1-2H3;1H2. The van der Waals surface area contributed by atoms with Crippen molar-refractivity contribution in [2.75, 3.05) is 0 Å². The van der Waals surface area contributed by atoms with Crippen molar-refractivity contribution in [1.29, 1.82) is 5.41 Å². The predicted octanol–water partition coefficient (Wildman–Crippen LogP) is 4.22. The highest BCUT2D eigenvalue weighted by molar-refractivity contribution is 7.81. The summed E-state index contributed by atoms with van der Waals surface area (Å²) < 4.78 is 0.194. The first-order chi connectivity index (χ1) is 7.74. The molecule has 0 aliphatic rings. The predicted molar refractivity (Wildman–Crippen MR) is 87.5 cm³/mol. The van der Waals surface area contributed by atoms with Gasteiger partial charge in [-0.2, -0.15) is 12.6 Å². The Bertz CT molecular complexity index is 324. The molecule has 0 aliphatic heterocycles. The maximum Gasteiger partial charge on any atom is 0.0250 e. The van der Waals surface area contributed by atoms with Gasteiger partial charge in [-0.15, -0.1) is 0 Å². The lowest BCUT2D eigenvalue weighted by Crippen LogP contribution is -1.99. The third-order valence-electron chi connectivity index (χ3n) is 1.70. The molecule has 0 saturated carbocycles. The highest BCUT2D eigenvalue weighted by Gasteiger charge is 1.96. The van der Waals surface area contributed by atoms with Gasteiger partial charge in [-0.25, -0.2) is 0 Å². The van der Waals surface area contributed by atoms with Crippen LogP contribution in [0.3, 0.4) is 0 Å². The van der Waals surface area contributed by atoms with Gasteiger partial charge in [-0.3, -0.25) is 0 Å². The number of nitrogens with one attached hydrogen (secondary N) is 1. The third-order valence-corrected chi connectivity index (χ3v) is 1.70. The summed E-state index contributed by atoms with van der Waals surface area (Å²) in [5.74, 6) is 0. The molecule has 1 aromatic carbocycles. The topological polar surface area (TPSA) is 55.4 Å². The quantitative estimate of drug-likeness (QED) is 0.568. The lowest BCUT2D eigenvalue weighted by molar-refractivity contribution is 0.812. The van der Waals surface area contributed by atoms with Crippen LogP contribution >= 0.6 is 12.6 Å². The number of aryl methyl sites for hydroxylation is 2. The molecule has 3 heteroatoms. The molecule has 0 fully saturated rings. The van der Waals surface area contributed by atoms with Crippen LogP contribution in [0, 0.1) is 19.3 Å². The van der Waals surface area contributed by atoms with E-state index in [-0.39, 0.29) is 10.2 Å². The molecule has 1 rings (SSSR count). The van der Waals surface area contributed by atoms with E-state index in [2.05, 4.69) is 47.2 Å². The Morgan fingerprint density at radius 1 is 1.06 bits per heavy atom. The molecule has 2 nitrogen and oxygen atoms in total. The highest BCUT2D eigenvalue weighted by Crippen LogP contribution is 2.07. The van der Waals surface area contributed by atoms with Gasteiger partial charge < -0.3 is 10.9 Å². The fraction of sp³-hybridized carbons (Fsp3) is 0.533. The minimum atomic E-state index is 0. The lowest BCUT2D eigenvalue weighted by atomic mass is 10.1. The van der Waals surface area contributed by atoms with Crippen LogP contribution in [0.5, 0.6) is 0 Å². The van der Waals surface area contributed by atoms with Crippen LogP contribution in [-0.2, 0) is 0 Å². The van der Waals surface area contributed by atoms with Crippen LogP contribution in [0.1, 0.15) is 51.3 Å². The largest absolute Gasteiger partial charge is 0.412 e. The zero-order chi connectivity index (χ0) is 14.1. The van der Waals surface area contributed by atoms with Crippen molar-refractivity contribution in [2.24, 2.45) is 0 Å². The van der Waals surface area contributed by atoms with Gasteiger partial charge in [0.2, 0.25) is 0 Å². The molecule has 106 valence electrons. The average Bonchev–Trinajstić information content (AvgIpc) is 2.23. The van der Waals surface area contributed by atoms with Crippen LogP contribution in [0.2, 0.25) is 0 Å². The summed E-state index contributed by atoms with van der Waals surface area (Å²) in [6.45, 7) is 14.3. The Hall–Kier alpha value is -0.800. The molecule has 1 aromatic rings. The average molecular weight is 271 g/mol. The molecule has 0 amide bonds. The van der Waals surface area contributed by atoms with Crippen LogP contribution in [-0.4, -0.2) is 16.4 Å². The van der Waals surface area contributed by atoms with E-state index in [9.17, 15) is 0 Å².